The SMILES string of the molecule is COc1cc(OC)cc(C(=O)N2CC[C@H](NCCCc3ccc(Cl)cc3)C[C@H]2Cc2ccccc2)c1. The van der Waals surface area contributed by atoms with Gasteiger partial charge in [0, 0.05) is 35.3 Å². The van der Waals surface area contributed by atoms with Crippen LogP contribution in [0.15, 0.2) is 72.8 Å². The number of ether oxygens (including phenoxy) is 2. The molecule has 5 nitrogen and oxygen atoms in total. The molecule has 3 aromatic rings. The monoisotopic (exact) mass is 506 g/mol. The lowest BCUT2D eigenvalue weighted by atomic mass is 9.91. The number of halogens is 1. The number of nitrogens with zero attached hydrogens (tertiary/aromatic N) is 1. The first-order valence-electron chi connectivity index (χ1n) is 12.6. The van der Waals surface area contributed by atoms with Gasteiger partial charge in [-0.25, -0.2) is 0 Å². The van der Waals surface area contributed by atoms with E-state index < -0.39 is 0 Å². The zero-order chi connectivity index (χ0) is 25.3. The van der Waals surface area contributed by atoms with E-state index in [4.69, 9.17) is 21.1 Å². The topological polar surface area (TPSA) is 50.8 Å². The Kier molecular flexibility index (Phi) is 9.26. The van der Waals surface area contributed by atoms with Gasteiger partial charge in [-0.3, -0.25) is 4.79 Å². The van der Waals surface area contributed by atoms with Crippen molar-refractivity contribution in [2.75, 3.05) is 27.3 Å². The number of benzene rings is 3. The number of likely N-dealkylation sites (tertiary alicyclic amines) is 1. The summed E-state index contributed by atoms with van der Waals surface area (Å²) in [4.78, 5) is 15.7. The van der Waals surface area contributed by atoms with Crippen molar-refractivity contribution in [1.82, 2.24) is 10.2 Å². The van der Waals surface area contributed by atoms with Crippen LogP contribution in [-0.4, -0.2) is 50.2 Å². The molecule has 0 unspecified atom stereocenters. The molecule has 0 bridgehead atoms. The number of amides is 1. The van der Waals surface area contributed by atoms with Crippen molar-refractivity contribution in [3.05, 3.63) is 94.5 Å². The average Bonchev–Trinajstić information content (AvgIpc) is 2.92. The molecule has 0 spiro atoms. The van der Waals surface area contributed by atoms with Gasteiger partial charge in [0.2, 0.25) is 0 Å². The predicted octanol–water partition coefficient (Wildman–Crippen LogP) is 5.80. The van der Waals surface area contributed by atoms with Crippen molar-refractivity contribution in [2.24, 2.45) is 0 Å². The minimum absolute atomic E-state index is 0.0225. The molecule has 36 heavy (non-hydrogen) atoms. The third-order valence-corrected chi connectivity index (χ3v) is 7.13. The Bertz CT molecular complexity index is 1100. The highest BCUT2D eigenvalue weighted by Gasteiger charge is 2.32. The molecular formula is C30H35ClN2O3. The molecule has 1 heterocycles. The van der Waals surface area contributed by atoms with Crippen molar-refractivity contribution in [3.8, 4) is 11.5 Å². The van der Waals surface area contributed by atoms with Crippen LogP contribution in [0.5, 0.6) is 11.5 Å². The molecule has 1 aliphatic rings. The van der Waals surface area contributed by atoms with Crippen molar-refractivity contribution in [2.45, 2.75) is 44.2 Å². The molecule has 3 aromatic carbocycles. The number of piperidine rings is 1. The lowest BCUT2D eigenvalue weighted by Crippen LogP contribution is -2.52. The minimum Gasteiger partial charge on any atom is -0.497 e. The van der Waals surface area contributed by atoms with Gasteiger partial charge in [-0.2, -0.15) is 0 Å². The van der Waals surface area contributed by atoms with Gasteiger partial charge in [0.15, 0.2) is 0 Å². The maximum Gasteiger partial charge on any atom is 0.254 e. The summed E-state index contributed by atoms with van der Waals surface area (Å²) in [6.45, 7) is 1.66. The van der Waals surface area contributed by atoms with Gasteiger partial charge in [0.1, 0.15) is 11.5 Å². The molecule has 1 aliphatic heterocycles. The molecule has 0 saturated carbocycles. The summed E-state index contributed by atoms with van der Waals surface area (Å²) in [6, 6.07) is 24.4. The van der Waals surface area contributed by atoms with Crippen LogP contribution in [0.3, 0.4) is 0 Å². The smallest absolute Gasteiger partial charge is 0.254 e. The van der Waals surface area contributed by atoms with E-state index in [0.717, 1.165) is 43.7 Å². The van der Waals surface area contributed by atoms with E-state index >= 15 is 0 Å². The zero-order valence-electron chi connectivity index (χ0n) is 21.1. The third kappa shape index (κ3) is 7.02. The van der Waals surface area contributed by atoms with E-state index in [2.05, 4.69) is 41.7 Å². The van der Waals surface area contributed by atoms with Crippen molar-refractivity contribution in [3.63, 3.8) is 0 Å². The zero-order valence-corrected chi connectivity index (χ0v) is 21.8. The molecule has 0 aromatic heterocycles. The molecule has 4 rings (SSSR count). The second kappa shape index (κ2) is 12.8. The van der Waals surface area contributed by atoms with E-state index in [9.17, 15) is 4.79 Å². The highest BCUT2D eigenvalue weighted by molar-refractivity contribution is 6.30. The van der Waals surface area contributed by atoms with E-state index in [1.807, 2.05) is 23.1 Å². The fourth-order valence-electron chi connectivity index (χ4n) is 4.93. The van der Waals surface area contributed by atoms with Gasteiger partial charge >= 0.3 is 0 Å². The highest BCUT2D eigenvalue weighted by atomic mass is 35.5. The first-order chi connectivity index (χ1) is 17.6. The fourth-order valence-corrected chi connectivity index (χ4v) is 5.06. The number of hydrogen-bond donors (Lipinski definition) is 1. The van der Waals surface area contributed by atoms with Crippen molar-refractivity contribution in [1.29, 1.82) is 0 Å². The molecule has 1 fully saturated rings. The van der Waals surface area contributed by atoms with E-state index in [1.54, 1.807) is 32.4 Å². The largest absolute Gasteiger partial charge is 0.497 e. The van der Waals surface area contributed by atoms with Crippen molar-refractivity contribution >= 4 is 17.5 Å². The van der Waals surface area contributed by atoms with Gasteiger partial charge in [-0.15, -0.1) is 0 Å². The first-order valence-corrected chi connectivity index (χ1v) is 13.0. The molecule has 2 atom stereocenters. The first kappa shape index (κ1) is 26.1. The van der Waals surface area contributed by atoms with Crippen molar-refractivity contribution < 1.29 is 14.3 Å². The van der Waals surface area contributed by atoms with E-state index in [1.165, 1.54) is 11.1 Å². The summed E-state index contributed by atoms with van der Waals surface area (Å²) in [7, 11) is 3.21. The summed E-state index contributed by atoms with van der Waals surface area (Å²) in [5.41, 5.74) is 3.14. The molecule has 0 radical (unpaired) electrons. The fraction of sp³-hybridized carbons (Fsp3) is 0.367. The van der Waals surface area contributed by atoms with Crippen LogP contribution in [0.2, 0.25) is 5.02 Å². The summed E-state index contributed by atoms with van der Waals surface area (Å²) < 4.78 is 10.8. The Hall–Kier alpha value is -3.02. The quantitative estimate of drug-likeness (QED) is 0.353. The third-order valence-electron chi connectivity index (χ3n) is 6.88. The summed E-state index contributed by atoms with van der Waals surface area (Å²) >= 11 is 6.00. The van der Waals surface area contributed by atoms with Gasteiger partial charge in [0.05, 0.1) is 14.2 Å². The number of carbonyl (C=O) groups excluding carboxylic acids is 1. The van der Waals surface area contributed by atoms with E-state index in [-0.39, 0.29) is 11.9 Å². The molecule has 190 valence electrons. The molecular weight excluding hydrogens is 472 g/mol. The van der Waals surface area contributed by atoms with Crippen LogP contribution in [0.4, 0.5) is 0 Å². The van der Waals surface area contributed by atoms with Crippen LogP contribution in [0, 0.1) is 0 Å². The van der Waals surface area contributed by atoms with Crippen LogP contribution in [0.25, 0.3) is 0 Å². The number of nitrogens with one attached hydrogen (secondary N) is 1. The van der Waals surface area contributed by atoms with Gasteiger partial charge < -0.3 is 19.7 Å². The lowest BCUT2D eigenvalue weighted by Gasteiger charge is -2.40. The summed E-state index contributed by atoms with van der Waals surface area (Å²) in [5, 5.41) is 4.52. The average molecular weight is 507 g/mol. The molecule has 1 N–H and O–H groups in total. The van der Waals surface area contributed by atoms with Crippen LogP contribution in [0.1, 0.15) is 40.7 Å². The number of carbonyl (C=O) groups is 1. The molecule has 1 saturated heterocycles. The van der Waals surface area contributed by atoms with E-state index in [0.29, 0.717) is 29.6 Å². The summed E-state index contributed by atoms with van der Waals surface area (Å²) in [5.74, 6) is 1.26. The highest BCUT2D eigenvalue weighted by Crippen LogP contribution is 2.27. The Labute approximate surface area is 219 Å². The maximum atomic E-state index is 13.7. The normalized spacial score (nSPS) is 17.6. The second-order valence-electron chi connectivity index (χ2n) is 9.35. The van der Waals surface area contributed by atoms with Gasteiger partial charge in [-0.05, 0) is 74.0 Å². The maximum absolute atomic E-state index is 13.7. The number of hydrogen-bond acceptors (Lipinski definition) is 4. The van der Waals surface area contributed by atoms with Crippen LogP contribution in [-0.2, 0) is 12.8 Å². The molecule has 6 heteroatoms. The molecule has 1 amide bonds. The Morgan fingerprint density at radius 3 is 2.33 bits per heavy atom. The Balaban J connectivity index is 1.42. The van der Waals surface area contributed by atoms with Gasteiger partial charge in [0.25, 0.3) is 5.91 Å². The summed E-state index contributed by atoms with van der Waals surface area (Å²) in [6.07, 6.45) is 4.76. The number of methoxy groups -OCH3 is 2. The predicted molar refractivity (Wildman–Crippen MR) is 145 cm³/mol. The number of rotatable bonds is 10. The number of aryl methyl sites for hydroxylation is 1. The van der Waals surface area contributed by atoms with Crippen LogP contribution < -0.4 is 14.8 Å². The standard InChI is InChI=1S/C30H35ClN2O3/c1-35-28-18-24(19-29(21-28)36-2)30(34)33-16-14-26(20-27(33)17-23-7-4-3-5-8-23)32-15-6-9-22-10-12-25(31)13-11-22/h3-5,7-8,10-13,18-19,21,26-27,32H,6,9,14-17,20H2,1-2H3/t26-,27+/m0/s1. The second-order valence-corrected chi connectivity index (χ2v) is 9.79. The Morgan fingerprint density at radius 2 is 1.67 bits per heavy atom. The molecule has 0 aliphatic carbocycles. The Morgan fingerprint density at radius 1 is 0.972 bits per heavy atom. The van der Waals surface area contributed by atoms with Gasteiger partial charge in [-0.1, -0.05) is 54.1 Å². The minimum atomic E-state index is 0.0225. The lowest BCUT2D eigenvalue weighted by molar-refractivity contribution is 0.0576. The van der Waals surface area contributed by atoms with Crippen LogP contribution >= 0.6 is 11.6 Å².